The summed E-state index contributed by atoms with van der Waals surface area (Å²) < 4.78 is 18.3. The third-order valence-electron chi connectivity index (χ3n) is 5.04. The molecule has 4 aromatic rings. The van der Waals surface area contributed by atoms with Gasteiger partial charge in [0.1, 0.15) is 17.8 Å². The molecule has 0 saturated heterocycles. The summed E-state index contributed by atoms with van der Waals surface area (Å²) >= 11 is 1.61. The Balaban J connectivity index is 1.50. The smallest absolute Gasteiger partial charge is 0.226 e. The first-order valence-corrected chi connectivity index (χ1v) is 11.5. The Morgan fingerprint density at radius 1 is 0.906 bits per heavy atom. The molecule has 8 heteroatoms. The van der Waals surface area contributed by atoms with Gasteiger partial charge in [-0.05, 0) is 55.0 Å². The summed E-state index contributed by atoms with van der Waals surface area (Å²) in [6.07, 6.45) is 3.85. The van der Waals surface area contributed by atoms with Crippen LogP contribution in [0, 0.1) is 0 Å². The van der Waals surface area contributed by atoms with Crippen LogP contribution in [0.15, 0.2) is 64.4 Å². The highest BCUT2D eigenvalue weighted by atomic mass is 32.2. The second-order valence-corrected chi connectivity index (χ2v) is 8.14. The molecule has 0 unspecified atom stereocenters. The number of methoxy groups -OCH3 is 2. The van der Waals surface area contributed by atoms with Crippen molar-refractivity contribution < 1.29 is 13.9 Å². The minimum absolute atomic E-state index is 0.592. The topological polar surface area (TPSA) is 75.2 Å². The summed E-state index contributed by atoms with van der Waals surface area (Å²) in [7, 11) is 3.31. The lowest BCUT2D eigenvalue weighted by molar-refractivity contribution is 0.414. The lowest BCUT2D eigenvalue weighted by Gasteiger charge is -2.09. The monoisotopic (exact) mass is 450 g/mol. The van der Waals surface area contributed by atoms with E-state index in [1.165, 1.54) is 0 Å². The van der Waals surface area contributed by atoms with Gasteiger partial charge in [-0.25, -0.2) is 4.98 Å². The van der Waals surface area contributed by atoms with Crippen LogP contribution in [0.3, 0.4) is 0 Å². The van der Waals surface area contributed by atoms with Crippen molar-refractivity contribution in [3.63, 3.8) is 0 Å². The Morgan fingerprint density at radius 2 is 1.56 bits per heavy atom. The van der Waals surface area contributed by atoms with E-state index in [1.807, 2.05) is 48.5 Å². The number of ether oxygens (including phenoxy) is 2. The molecular formula is C24H26N4O3S. The zero-order valence-corrected chi connectivity index (χ0v) is 19.3. The normalized spacial score (nSPS) is 11.0. The van der Waals surface area contributed by atoms with Crippen molar-refractivity contribution >= 4 is 11.8 Å². The molecule has 0 aliphatic carbocycles. The minimum Gasteiger partial charge on any atom is -0.497 e. The van der Waals surface area contributed by atoms with Crippen molar-refractivity contribution in [2.24, 2.45) is 0 Å². The standard InChI is InChI=1S/C24H26N4O3S/c1-4-5-14-28-22(17-6-10-20(29-2)11-7-17)26-27-24(28)32-16-19-15-31-23(25-19)18-8-12-21(30-3)13-9-18/h6-13,15H,4-5,14,16H2,1-3H3. The largest absolute Gasteiger partial charge is 0.497 e. The first kappa shape index (κ1) is 22.0. The summed E-state index contributed by atoms with van der Waals surface area (Å²) in [5.74, 6) is 3.72. The summed E-state index contributed by atoms with van der Waals surface area (Å²) in [5.41, 5.74) is 2.79. The Morgan fingerprint density at radius 3 is 2.19 bits per heavy atom. The summed E-state index contributed by atoms with van der Waals surface area (Å²) in [6.45, 7) is 3.05. The predicted molar refractivity (Wildman–Crippen MR) is 125 cm³/mol. The third-order valence-corrected chi connectivity index (χ3v) is 6.04. The maximum Gasteiger partial charge on any atom is 0.226 e. The van der Waals surface area contributed by atoms with Crippen molar-refractivity contribution in [2.45, 2.75) is 37.2 Å². The average Bonchev–Trinajstić information content (AvgIpc) is 3.48. The van der Waals surface area contributed by atoms with Gasteiger partial charge >= 0.3 is 0 Å². The molecule has 0 radical (unpaired) electrons. The zero-order valence-electron chi connectivity index (χ0n) is 18.4. The van der Waals surface area contributed by atoms with E-state index in [4.69, 9.17) is 13.9 Å². The van der Waals surface area contributed by atoms with Crippen molar-refractivity contribution in [1.29, 1.82) is 0 Å². The Hall–Kier alpha value is -3.26. The van der Waals surface area contributed by atoms with Crippen LogP contribution in [-0.2, 0) is 12.3 Å². The Labute approximate surface area is 191 Å². The number of oxazole rings is 1. The Bertz CT molecular complexity index is 1140. The molecule has 2 heterocycles. The summed E-state index contributed by atoms with van der Waals surface area (Å²) in [6, 6.07) is 15.6. The second-order valence-electron chi connectivity index (χ2n) is 7.20. The fourth-order valence-electron chi connectivity index (χ4n) is 3.24. The maximum absolute atomic E-state index is 5.68. The van der Waals surface area contributed by atoms with Crippen molar-refractivity contribution in [3.8, 4) is 34.3 Å². The predicted octanol–water partition coefficient (Wildman–Crippen LogP) is 5.71. The van der Waals surface area contributed by atoms with Crippen molar-refractivity contribution in [3.05, 3.63) is 60.5 Å². The summed E-state index contributed by atoms with van der Waals surface area (Å²) in [5, 5.41) is 9.80. The molecule has 32 heavy (non-hydrogen) atoms. The highest BCUT2D eigenvalue weighted by Gasteiger charge is 2.16. The molecule has 0 N–H and O–H groups in total. The van der Waals surface area contributed by atoms with E-state index < -0.39 is 0 Å². The maximum atomic E-state index is 5.68. The molecule has 0 saturated carbocycles. The highest BCUT2D eigenvalue weighted by Crippen LogP contribution is 2.29. The number of hydrogen-bond acceptors (Lipinski definition) is 7. The van der Waals surface area contributed by atoms with Gasteiger partial charge in [-0.3, -0.25) is 0 Å². The van der Waals surface area contributed by atoms with E-state index in [9.17, 15) is 0 Å². The molecule has 0 amide bonds. The molecule has 0 bridgehead atoms. The van der Waals surface area contributed by atoms with Crippen molar-refractivity contribution in [2.75, 3.05) is 14.2 Å². The van der Waals surface area contributed by atoms with Gasteiger partial charge in [0.2, 0.25) is 5.89 Å². The fourth-order valence-corrected chi connectivity index (χ4v) is 4.09. The highest BCUT2D eigenvalue weighted by molar-refractivity contribution is 7.98. The number of benzene rings is 2. The lowest BCUT2D eigenvalue weighted by Crippen LogP contribution is -2.02. The van der Waals surface area contributed by atoms with Crippen LogP contribution in [0.2, 0.25) is 0 Å². The molecule has 0 atom stereocenters. The molecular weight excluding hydrogens is 424 g/mol. The average molecular weight is 451 g/mol. The van der Waals surface area contributed by atoms with Gasteiger partial charge in [-0.1, -0.05) is 25.1 Å². The number of rotatable bonds is 10. The molecule has 0 spiro atoms. The van der Waals surface area contributed by atoms with E-state index in [0.29, 0.717) is 11.6 Å². The molecule has 4 rings (SSSR count). The molecule has 0 aliphatic heterocycles. The molecule has 166 valence electrons. The third kappa shape index (κ3) is 4.96. The number of thioether (sulfide) groups is 1. The van der Waals surface area contributed by atoms with E-state index in [-0.39, 0.29) is 0 Å². The molecule has 2 aromatic heterocycles. The van der Waals surface area contributed by atoms with Gasteiger partial charge in [0.05, 0.1) is 19.9 Å². The van der Waals surface area contributed by atoms with Gasteiger partial charge in [-0.2, -0.15) is 0 Å². The zero-order chi connectivity index (χ0) is 22.3. The van der Waals surface area contributed by atoms with Crippen molar-refractivity contribution in [1.82, 2.24) is 19.7 Å². The SMILES string of the molecule is CCCCn1c(SCc2coc(-c3ccc(OC)cc3)n2)nnc1-c1ccc(OC)cc1. The number of hydrogen-bond donors (Lipinski definition) is 0. The number of aromatic nitrogens is 4. The van der Waals surface area contributed by atoms with Gasteiger partial charge in [0, 0.05) is 23.4 Å². The van der Waals surface area contributed by atoms with E-state index in [2.05, 4.69) is 26.7 Å². The van der Waals surface area contributed by atoms with Gasteiger partial charge in [-0.15, -0.1) is 10.2 Å². The lowest BCUT2D eigenvalue weighted by atomic mass is 10.2. The quantitative estimate of drug-likeness (QED) is 0.286. The van der Waals surface area contributed by atoms with E-state index >= 15 is 0 Å². The Kier molecular flexibility index (Phi) is 7.11. The molecule has 2 aromatic carbocycles. The van der Waals surface area contributed by atoms with Crippen LogP contribution < -0.4 is 9.47 Å². The first-order valence-electron chi connectivity index (χ1n) is 10.5. The van der Waals surface area contributed by atoms with Crippen LogP contribution in [0.4, 0.5) is 0 Å². The van der Waals surface area contributed by atoms with Crippen LogP contribution in [0.25, 0.3) is 22.8 Å². The van der Waals surface area contributed by atoms with E-state index in [1.54, 1.807) is 32.2 Å². The molecule has 0 fully saturated rings. The van der Waals surface area contributed by atoms with Crippen LogP contribution in [0.1, 0.15) is 25.5 Å². The second kappa shape index (κ2) is 10.4. The minimum atomic E-state index is 0.592. The van der Waals surface area contributed by atoms with Crippen LogP contribution in [-0.4, -0.2) is 34.0 Å². The summed E-state index contributed by atoms with van der Waals surface area (Å²) in [4.78, 5) is 4.63. The van der Waals surface area contributed by atoms with Gasteiger partial charge < -0.3 is 18.5 Å². The fraction of sp³-hybridized carbons (Fsp3) is 0.292. The first-order chi connectivity index (χ1) is 15.7. The van der Waals surface area contributed by atoms with Gasteiger partial charge in [0.15, 0.2) is 11.0 Å². The number of unbranched alkanes of at least 4 members (excludes halogenated alkanes) is 1. The van der Waals surface area contributed by atoms with E-state index in [0.717, 1.165) is 58.7 Å². The molecule has 7 nitrogen and oxygen atoms in total. The molecule has 0 aliphatic rings. The number of nitrogens with zero attached hydrogens (tertiary/aromatic N) is 4. The van der Waals surface area contributed by atoms with Gasteiger partial charge in [0.25, 0.3) is 0 Å². The van der Waals surface area contributed by atoms with Crippen LogP contribution >= 0.6 is 11.8 Å². The van der Waals surface area contributed by atoms with Crippen LogP contribution in [0.5, 0.6) is 11.5 Å².